The predicted molar refractivity (Wildman–Crippen MR) is 73.0 cm³/mol. The maximum Gasteiger partial charge on any atom is 0.324 e. The van der Waals surface area contributed by atoms with Crippen molar-refractivity contribution < 1.29 is 15.0 Å². The smallest absolute Gasteiger partial charge is 0.324 e. The molecule has 104 valence electrons. The average Bonchev–Trinajstić information content (AvgIpc) is 2.77. The van der Waals surface area contributed by atoms with E-state index < -0.39 is 11.5 Å². The van der Waals surface area contributed by atoms with Crippen LogP contribution in [0.1, 0.15) is 38.2 Å². The molecule has 1 saturated heterocycles. The Bertz CT molecular complexity index is 443. The number of aromatic hydroxyl groups is 1. The van der Waals surface area contributed by atoms with Crippen LogP contribution in [-0.2, 0) is 11.3 Å². The highest BCUT2D eigenvalue weighted by Gasteiger charge is 2.46. The quantitative estimate of drug-likeness (QED) is 0.857. The summed E-state index contributed by atoms with van der Waals surface area (Å²) in [5.74, 6) is -0.464. The molecular formula is C15H21NO3. The van der Waals surface area contributed by atoms with E-state index in [-0.39, 0.29) is 5.75 Å². The molecule has 1 aromatic carbocycles. The van der Waals surface area contributed by atoms with Gasteiger partial charge < -0.3 is 10.2 Å². The van der Waals surface area contributed by atoms with Crippen molar-refractivity contribution in [3.63, 3.8) is 0 Å². The summed E-state index contributed by atoms with van der Waals surface area (Å²) < 4.78 is 0. The van der Waals surface area contributed by atoms with Crippen molar-refractivity contribution in [1.29, 1.82) is 0 Å². The summed E-state index contributed by atoms with van der Waals surface area (Å²) in [6.45, 7) is 3.49. The molecule has 1 heterocycles. The zero-order valence-corrected chi connectivity index (χ0v) is 11.3. The minimum Gasteiger partial charge on any atom is -0.508 e. The van der Waals surface area contributed by atoms with Gasteiger partial charge in [-0.25, -0.2) is 0 Å². The van der Waals surface area contributed by atoms with Crippen molar-refractivity contribution in [2.75, 3.05) is 6.54 Å². The number of hydrogen-bond donors (Lipinski definition) is 2. The van der Waals surface area contributed by atoms with Gasteiger partial charge in [0.25, 0.3) is 0 Å². The van der Waals surface area contributed by atoms with Crippen LogP contribution in [0.4, 0.5) is 0 Å². The van der Waals surface area contributed by atoms with Crippen LogP contribution in [0.5, 0.6) is 5.75 Å². The molecule has 1 aliphatic rings. The first-order valence-corrected chi connectivity index (χ1v) is 6.85. The summed E-state index contributed by atoms with van der Waals surface area (Å²) in [7, 11) is 0. The molecule has 1 unspecified atom stereocenters. The highest BCUT2D eigenvalue weighted by Crippen LogP contribution is 2.35. The second-order valence-corrected chi connectivity index (χ2v) is 5.28. The van der Waals surface area contributed by atoms with E-state index in [1.807, 2.05) is 19.1 Å². The average molecular weight is 263 g/mol. The summed E-state index contributed by atoms with van der Waals surface area (Å²) in [5.41, 5.74) is 0.341. The summed E-state index contributed by atoms with van der Waals surface area (Å²) in [5, 5.41) is 18.9. The second-order valence-electron chi connectivity index (χ2n) is 5.28. The fourth-order valence-corrected chi connectivity index (χ4v) is 3.03. The van der Waals surface area contributed by atoms with Crippen LogP contribution >= 0.6 is 0 Å². The van der Waals surface area contributed by atoms with E-state index in [1.165, 1.54) is 0 Å². The number of aliphatic carboxylic acids is 1. The summed E-state index contributed by atoms with van der Waals surface area (Å²) in [6.07, 6.45) is 3.23. The fraction of sp³-hybridized carbons (Fsp3) is 0.533. The van der Waals surface area contributed by atoms with E-state index in [0.717, 1.165) is 31.4 Å². The number of phenolic OH excluding ortho intramolecular Hbond substituents is 1. The summed E-state index contributed by atoms with van der Waals surface area (Å²) in [6, 6.07) is 7.00. The van der Waals surface area contributed by atoms with Crippen molar-refractivity contribution in [2.45, 2.75) is 44.7 Å². The first-order chi connectivity index (χ1) is 9.08. The van der Waals surface area contributed by atoms with Crippen molar-refractivity contribution in [2.24, 2.45) is 0 Å². The van der Waals surface area contributed by atoms with Crippen LogP contribution in [0.15, 0.2) is 24.3 Å². The van der Waals surface area contributed by atoms with Gasteiger partial charge in [0.15, 0.2) is 0 Å². The largest absolute Gasteiger partial charge is 0.508 e. The molecule has 0 bridgehead atoms. The van der Waals surface area contributed by atoms with Crippen LogP contribution in [0, 0.1) is 0 Å². The van der Waals surface area contributed by atoms with Crippen molar-refractivity contribution in [3.05, 3.63) is 29.8 Å². The van der Waals surface area contributed by atoms with Gasteiger partial charge in [-0.1, -0.05) is 25.5 Å². The normalized spacial score (nSPS) is 23.6. The molecule has 0 amide bonds. The monoisotopic (exact) mass is 263 g/mol. The number of phenols is 1. The van der Waals surface area contributed by atoms with Gasteiger partial charge in [0.05, 0.1) is 0 Å². The second kappa shape index (κ2) is 5.61. The van der Waals surface area contributed by atoms with Crippen molar-refractivity contribution in [1.82, 2.24) is 4.90 Å². The molecule has 0 aliphatic carbocycles. The number of carboxylic acids is 1. The standard InChI is InChI=1S/C15H21NO3/c1-2-8-15(14(18)19)9-3-10-16(15)11-12-4-6-13(17)7-5-12/h4-7,17H,2-3,8-11H2,1H3,(H,18,19). The number of benzene rings is 1. The van der Waals surface area contributed by atoms with Crippen LogP contribution in [0.3, 0.4) is 0 Å². The third-order valence-electron chi connectivity index (χ3n) is 4.00. The first kappa shape index (κ1) is 13.9. The van der Waals surface area contributed by atoms with Gasteiger partial charge in [0, 0.05) is 6.54 Å². The highest BCUT2D eigenvalue weighted by molar-refractivity contribution is 5.79. The zero-order valence-electron chi connectivity index (χ0n) is 11.3. The number of rotatable bonds is 5. The molecule has 4 nitrogen and oxygen atoms in total. The predicted octanol–water partition coefficient (Wildman–Crippen LogP) is 2.61. The van der Waals surface area contributed by atoms with Gasteiger partial charge >= 0.3 is 5.97 Å². The van der Waals surface area contributed by atoms with Crippen molar-refractivity contribution >= 4 is 5.97 Å². The topological polar surface area (TPSA) is 60.8 Å². The molecule has 1 aromatic rings. The Morgan fingerprint density at radius 2 is 2.05 bits per heavy atom. The van der Waals surface area contributed by atoms with Gasteiger partial charge in [-0.05, 0) is 43.5 Å². The Balaban J connectivity index is 2.17. The Hall–Kier alpha value is -1.55. The molecule has 0 aromatic heterocycles. The molecule has 1 fully saturated rings. The fourth-order valence-electron chi connectivity index (χ4n) is 3.03. The molecule has 19 heavy (non-hydrogen) atoms. The number of carboxylic acid groups (broad SMARTS) is 1. The van der Waals surface area contributed by atoms with E-state index in [4.69, 9.17) is 0 Å². The SMILES string of the molecule is CCCC1(C(=O)O)CCCN1Cc1ccc(O)cc1. The zero-order chi connectivity index (χ0) is 13.9. The van der Waals surface area contributed by atoms with E-state index in [9.17, 15) is 15.0 Å². The van der Waals surface area contributed by atoms with Gasteiger partial charge in [-0.3, -0.25) is 9.69 Å². The number of nitrogens with zero attached hydrogens (tertiary/aromatic N) is 1. The van der Waals surface area contributed by atoms with Gasteiger partial charge in [-0.2, -0.15) is 0 Å². The van der Waals surface area contributed by atoms with Gasteiger partial charge in [0.2, 0.25) is 0 Å². The molecular weight excluding hydrogens is 242 g/mol. The highest BCUT2D eigenvalue weighted by atomic mass is 16.4. The lowest BCUT2D eigenvalue weighted by atomic mass is 9.90. The Morgan fingerprint density at radius 1 is 1.37 bits per heavy atom. The maximum absolute atomic E-state index is 11.7. The molecule has 0 saturated carbocycles. The minimum atomic E-state index is -0.703. The number of carbonyl (C=O) groups is 1. The van der Waals surface area contributed by atoms with E-state index >= 15 is 0 Å². The summed E-state index contributed by atoms with van der Waals surface area (Å²) in [4.78, 5) is 13.8. The van der Waals surface area contributed by atoms with E-state index in [2.05, 4.69) is 4.90 Å². The van der Waals surface area contributed by atoms with E-state index in [0.29, 0.717) is 13.0 Å². The van der Waals surface area contributed by atoms with E-state index in [1.54, 1.807) is 12.1 Å². The lowest BCUT2D eigenvalue weighted by molar-refractivity contribution is -0.150. The van der Waals surface area contributed by atoms with Gasteiger partial charge in [0.1, 0.15) is 11.3 Å². The third-order valence-corrected chi connectivity index (χ3v) is 4.00. The van der Waals surface area contributed by atoms with Crippen molar-refractivity contribution in [3.8, 4) is 5.75 Å². The van der Waals surface area contributed by atoms with Gasteiger partial charge in [-0.15, -0.1) is 0 Å². The Morgan fingerprint density at radius 3 is 2.63 bits per heavy atom. The Labute approximate surface area is 113 Å². The molecule has 0 radical (unpaired) electrons. The molecule has 2 rings (SSSR count). The lowest BCUT2D eigenvalue weighted by Gasteiger charge is -2.34. The molecule has 2 N–H and O–H groups in total. The minimum absolute atomic E-state index is 0.239. The molecule has 1 aliphatic heterocycles. The first-order valence-electron chi connectivity index (χ1n) is 6.85. The third kappa shape index (κ3) is 2.73. The number of likely N-dealkylation sites (tertiary alicyclic amines) is 1. The number of hydrogen-bond acceptors (Lipinski definition) is 3. The van der Waals surface area contributed by atoms with Crippen LogP contribution < -0.4 is 0 Å². The lowest BCUT2D eigenvalue weighted by Crippen LogP contribution is -2.49. The van der Waals surface area contributed by atoms with Crippen LogP contribution in [0.2, 0.25) is 0 Å². The molecule has 0 spiro atoms. The maximum atomic E-state index is 11.7. The van der Waals surface area contributed by atoms with Crippen LogP contribution in [-0.4, -0.2) is 33.2 Å². The molecule has 4 heteroatoms. The van der Waals surface area contributed by atoms with Crippen LogP contribution in [0.25, 0.3) is 0 Å². The summed E-state index contributed by atoms with van der Waals surface area (Å²) >= 11 is 0. The molecule has 1 atom stereocenters. The Kier molecular flexibility index (Phi) is 4.10.